The lowest BCUT2D eigenvalue weighted by atomic mass is 10.3. The predicted octanol–water partition coefficient (Wildman–Crippen LogP) is 3.11. The Bertz CT molecular complexity index is 643. The van der Waals surface area contributed by atoms with Crippen LogP contribution in [0, 0.1) is 0 Å². The maximum atomic E-state index is 12.2. The van der Waals surface area contributed by atoms with Crippen LogP contribution >= 0.6 is 15.9 Å². The summed E-state index contributed by atoms with van der Waals surface area (Å²) in [6.45, 7) is 7.84. The quantitative estimate of drug-likeness (QED) is 0.580. The average molecular weight is 370 g/mol. The Morgan fingerprint density at radius 1 is 1.24 bits per heavy atom. The zero-order valence-corrected chi connectivity index (χ0v) is 15.1. The summed E-state index contributed by atoms with van der Waals surface area (Å²) >= 11 is 3.37. The molecule has 0 aliphatic rings. The second kappa shape index (κ2) is 6.72. The third-order valence-corrected chi connectivity index (χ3v) is 5.26. The van der Waals surface area contributed by atoms with Gasteiger partial charge in [0.05, 0.1) is 5.69 Å². The van der Waals surface area contributed by atoms with E-state index in [0.29, 0.717) is 6.61 Å². The molecule has 0 saturated carbocycles. The number of rotatable bonds is 6. The lowest BCUT2D eigenvalue weighted by Crippen LogP contribution is -2.26. The number of hydrogen-bond donors (Lipinski definition) is 0. The number of hydrogen-bond acceptors (Lipinski definition) is 3. The van der Waals surface area contributed by atoms with E-state index in [4.69, 9.17) is 4.74 Å². The SMILES string of the molecule is C[Si](C)(C)CCOCn1cnn(-c2ccc(Br)cc2)c1=O. The van der Waals surface area contributed by atoms with Gasteiger partial charge in [-0.05, 0) is 30.3 Å². The second-order valence-corrected chi connectivity index (χ2v) is 12.7. The minimum absolute atomic E-state index is 0.190. The summed E-state index contributed by atoms with van der Waals surface area (Å²) in [6, 6.07) is 8.53. The van der Waals surface area contributed by atoms with Gasteiger partial charge in [-0.2, -0.15) is 9.78 Å². The van der Waals surface area contributed by atoms with Crippen LogP contribution in [-0.4, -0.2) is 29.0 Å². The van der Waals surface area contributed by atoms with Crippen LogP contribution in [0.2, 0.25) is 25.7 Å². The monoisotopic (exact) mass is 369 g/mol. The lowest BCUT2D eigenvalue weighted by Gasteiger charge is -2.15. The first-order chi connectivity index (χ1) is 9.87. The summed E-state index contributed by atoms with van der Waals surface area (Å²) in [4.78, 5) is 12.2. The van der Waals surface area contributed by atoms with E-state index in [1.54, 1.807) is 0 Å². The second-order valence-electron chi connectivity index (χ2n) is 6.12. The molecule has 0 amide bonds. The minimum Gasteiger partial charge on any atom is -0.361 e. The Kier molecular flexibility index (Phi) is 5.18. The Morgan fingerprint density at radius 3 is 2.52 bits per heavy atom. The van der Waals surface area contributed by atoms with Crippen LogP contribution in [0.1, 0.15) is 0 Å². The van der Waals surface area contributed by atoms with E-state index >= 15 is 0 Å². The molecule has 0 aliphatic heterocycles. The van der Waals surface area contributed by atoms with E-state index in [9.17, 15) is 4.79 Å². The molecule has 114 valence electrons. The Labute approximate surface area is 133 Å². The van der Waals surface area contributed by atoms with Crippen LogP contribution in [0.5, 0.6) is 0 Å². The van der Waals surface area contributed by atoms with Gasteiger partial charge in [0.1, 0.15) is 13.1 Å². The van der Waals surface area contributed by atoms with Crippen molar-refractivity contribution in [3.05, 3.63) is 45.5 Å². The summed E-state index contributed by atoms with van der Waals surface area (Å²) in [5.74, 6) is 0. The first-order valence-corrected chi connectivity index (χ1v) is 11.3. The van der Waals surface area contributed by atoms with E-state index in [-0.39, 0.29) is 12.4 Å². The minimum atomic E-state index is -1.10. The summed E-state index contributed by atoms with van der Waals surface area (Å²) in [6.07, 6.45) is 1.51. The van der Waals surface area contributed by atoms with Gasteiger partial charge >= 0.3 is 5.69 Å². The molecule has 0 spiro atoms. The largest absolute Gasteiger partial charge is 0.361 e. The van der Waals surface area contributed by atoms with Gasteiger partial charge in [0, 0.05) is 19.2 Å². The molecule has 0 radical (unpaired) electrons. The Hall–Kier alpha value is -1.18. The standard InChI is InChI=1S/C14H20BrN3O2Si/c1-21(2,3)9-8-20-11-17-10-16-18(14(17)19)13-6-4-12(15)5-7-13/h4-7,10H,8-9,11H2,1-3H3. The maximum Gasteiger partial charge on any atom is 0.352 e. The highest BCUT2D eigenvalue weighted by atomic mass is 79.9. The first kappa shape index (κ1) is 16.2. The van der Waals surface area contributed by atoms with Crippen molar-refractivity contribution in [3.63, 3.8) is 0 Å². The van der Waals surface area contributed by atoms with E-state index in [1.807, 2.05) is 24.3 Å². The van der Waals surface area contributed by atoms with Crippen molar-refractivity contribution in [1.82, 2.24) is 14.3 Å². The summed E-state index contributed by atoms with van der Waals surface area (Å²) in [5, 5.41) is 4.12. The normalized spacial score (nSPS) is 11.8. The molecule has 0 unspecified atom stereocenters. The average Bonchev–Trinajstić information content (AvgIpc) is 2.76. The molecule has 2 aromatic rings. The van der Waals surface area contributed by atoms with Crippen LogP contribution in [-0.2, 0) is 11.5 Å². The Balaban J connectivity index is 2.01. The molecule has 1 heterocycles. The van der Waals surface area contributed by atoms with Gasteiger partial charge in [-0.15, -0.1) is 0 Å². The van der Waals surface area contributed by atoms with Crippen molar-refractivity contribution >= 4 is 24.0 Å². The highest BCUT2D eigenvalue weighted by Crippen LogP contribution is 2.12. The van der Waals surface area contributed by atoms with Crippen LogP contribution in [0.25, 0.3) is 5.69 Å². The fourth-order valence-electron chi connectivity index (χ4n) is 1.72. The van der Waals surface area contributed by atoms with Gasteiger partial charge in [-0.3, -0.25) is 4.57 Å². The fraction of sp³-hybridized carbons (Fsp3) is 0.429. The molecule has 1 aromatic carbocycles. The summed E-state index contributed by atoms with van der Waals surface area (Å²) in [5.41, 5.74) is 0.550. The van der Waals surface area contributed by atoms with E-state index in [0.717, 1.165) is 16.2 Å². The lowest BCUT2D eigenvalue weighted by molar-refractivity contribution is 0.0846. The molecule has 1 aromatic heterocycles. The van der Waals surface area contributed by atoms with Gasteiger partial charge in [-0.25, -0.2) is 4.79 Å². The van der Waals surface area contributed by atoms with Crippen molar-refractivity contribution in [1.29, 1.82) is 0 Å². The van der Waals surface area contributed by atoms with E-state index < -0.39 is 8.07 Å². The molecule has 0 fully saturated rings. The molecule has 0 bridgehead atoms. The first-order valence-electron chi connectivity index (χ1n) is 6.85. The van der Waals surface area contributed by atoms with Crippen LogP contribution < -0.4 is 5.69 Å². The van der Waals surface area contributed by atoms with Crippen molar-refractivity contribution in [2.75, 3.05) is 6.61 Å². The van der Waals surface area contributed by atoms with E-state index in [2.05, 4.69) is 40.7 Å². The Morgan fingerprint density at radius 2 is 1.90 bits per heavy atom. The molecule has 0 saturated heterocycles. The topological polar surface area (TPSA) is 49.0 Å². The van der Waals surface area contributed by atoms with Crippen molar-refractivity contribution < 1.29 is 4.74 Å². The van der Waals surface area contributed by atoms with Gasteiger partial charge in [0.25, 0.3) is 0 Å². The molecule has 2 rings (SSSR count). The molecule has 0 aliphatic carbocycles. The third-order valence-electron chi connectivity index (χ3n) is 3.03. The fourth-order valence-corrected chi connectivity index (χ4v) is 2.74. The highest BCUT2D eigenvalue weighted by Gasteiger charge is 2.12. The van der Waals surface area contributed by atoms with Crippen molar-refractivity contribution in [3.8, 4) is 5.69 Å². The van der Waals surface area contributed by atoms with Gasteiger partial charge in [0.2, 0.25) is 0 Å². The number of aromatic nitrogens is 3. The molecule has 0 N–H and O–H groups in total. The van der Waals surface area contributed by atoms with Gasteiger partial charge in [0.15, 0.2) is 0 Å². The van der Waals surface area contributed by atoms with Gasteiger partial charge < -0.3 is 4.74 Å². The number of ether oxygens (including phenoxy) is 1. The zero-order chi connectivity index (χ0) is 15.5. The third kappa shape index (κ3) is 4.65. The smallest absolute Gasteiger partial charge is 0.352 e. The van der Waals surface area contributed by atoms with E-state index in [1.165, 1.54) is 15.6 Å². The molecule has 0 atom stereocenters. The summed E-state index contributed by atoms with van der Waals surface area (Å²) < 4.78 is 9.40. The molecular weight excluding hydrogens is 350 g/mol. The van der Waals surface area contributed by atoms with Crippen LogP contribution in [0.15, 0.2) is 39.9 Å². The van der Waals surface area contributed by atoms with Crippen LogP contribution in [0.3, 0.4) is 0 Å². The van der Waals surface area contributed by atoms with Crippen LogP contribution in [0.4, 0.5) is 0 Å². The van der Waals surface area contributed by atoms with Gasteiger partial charge in [-0.1, -0.05) is 35.6 Å². The van der Waals surface area contributed by atoms with Crippen molar-refractivity contribution in [2.45, 2.75) is 32.4 Å². The summed E-state index contributed by atoms with van der Waals surface area (Å²) in [7, 11) is -1.10. The molecule has 5 nitrogen and oxygen atoms in total. The molecule has 21 heavy (non-hydrogen) atoms. The van der Waals surface area contributed by atoms with Crippen molar-refractivity contribution in [2.24, 2.45) is 0 Å². The number of halogens is 1. The highest BCUT2D eigenvalue weighted by molar-refractivity contribution is 9.10. The number of benzene rings is 1. The predicted molar refractivity (Wildman–Crippen MR) is 89.6 cm³/mol. The zero-order valence-electron chi connectivity index (χ0n) is 12.5. The molecule has 7 heteroatoms. The maximum absolute atomic E-state index is 12.2. The number of nitrogens with zero attached hydrogens (tertiary/aromatic N) is 3. The molecular formula is C14H20BrN3O2Si.